The van der Waals surface area contributed by atoms with Crippen LogP contribution in [0.2, 0.25) is 0 Å². The Bertz CT molecular complexity index is 608. The highest BCUT2D eigenvalue weighted by atomic mass is 19.4. The standard InChI is InChI=1S/C15H13F4NO/c1-10-8-12(4-7-14(10)16)20-9-11-2-5-13(6-3-11)21-15(17,18)19/h2-8,20H,9H2,1H3. The van der Waals surface area contributed by atoms with Gasteiger partial charge in [0, 0.05) is 12.2 Å². The molecule has 0 aliphatic heterocycles. The first-order chi connectivity index (χ1) is 9.83. The predicted octanol–water partition coefficient (Wildman–Crippen LogP) is 4.64. The van der Waals surface area contributed by atoms with Crippen LogP contribution in [0.4, 0.5) is 23.2 Å². The van der Waals surface area contributed by atoms with E-state index in [1.807, 2.05) is 0 Å². The van der Waals surface area contributed by atoms with Crippen molar-refractivity contribution in [2.45, 2.75) is 19.8 Å². The molecular formula is C15H13F4NO. The zero-order valence-electron chi connectivity index (χ0n) is 11.2. The van der Waals surface area contributed by atoms with Gasteiger partial charge >= 0.3 is 6.36 Å². The molecule has 1 N–H and O–H groups in total. The summed E-state index contributed by atoms with van der Waals surface area (Å²) < 4.78 is 52.9. The van der Waals surface area contributed by atoms with Gasteiger partial charge in [0.1, 0.15) is 11.6 Å². The fourth-order valence-corrected chi connectivity index (χ4v) is 1.77. The van der Waals surface area contributed by atoms with Gasteiger partial charge in [-0.15, -0.1) is 13.2 Å². The Labute approximate surface area is 119 Å². The molecule has 0 heterocycles. The van der Waals surface area contributed by atoms with Crippen LogP contribution in [0.3, 0.4) is 0 Å². The van der Waals surface area contributed by atoms with Crippen molar-refractivity contribution >= 4 is 5.69 Å². The SMILES string of the molecule is Cc1cc(NCc2ccc(OC(F)(F)F)cc2)ccc1F. The molecule has 0 spiro atoms. The monoisotopic (exact) mass is 299 g/mol. The van der Waals surface area contributed by atoms with Crippen LogP contribution in [0.15, 0.2) is 42.5 Å². The molecule has 0 aliphatic carbocycles. The van der Waals surface area contributed by atoms with Crippen LogP contribution in [-0.2, 0) is 6.54 Å². The van der Waals surface area contributed by atoms with Crippen LogP contribution in [0.5, 0.6) is 5.75 Å². The zero-order chi connectivity index (χ0) is 15.5. The second kappa shape index (κ2) is 6.03. The summed E-state index contributed by atoms with van der Waals surface area (Å²) in [5.74, 6) is -0.543. The predicted molar refractivity (Wildman–Crippen MR) is 71.6 cm³/mol. The quantitative estimate of drug-likeness (QED) is 0.830. The second-order valence-corrected chi connectivity index (χ2v) is 4.51. The number of hydrogen-bond donors (Lipinski definition) is 1. The molecule has 0 aromatic heterocycles. The van der Waals surface area contributed by atoms with Crippen molar-refractivity contribution in [2.24, 2.45) is 0 Å². The summed E-state index contributed by atoms with van der Waals surface area (Å²) in [7, 11) is 0. The lowest BCUT2D eigenvalue weighted by Gasteiger charge is -2.10. The molecule has 0 amide bonds. The van der Waals surface area contributed by atoms with E-state index in [4.69, 9.17) is 0 Å². The van der Waals surface area contributed by atoms with E-state index in [0.717, 1.165) is 11.3 Å². The van der Waals surface area contributed by atoms with Gasteiger partial charge in [0.05, 0.1) is 0 Å². The van der Waals surface area contributed by atoms with E-state index in [1.54, 1.807) is 19.1 Å². The molecule has 2 nitrogen and oxygen atoms in total. The third-order valence-electron chi connectivity index (χ3n) is 2.81. The molecule has 2 aromatic rings. The molecule has 0 aliphatic rings. The van der Waals surface area contributed by atoms with Crippen molar-refractivity contribution in [1.82, 2.24) is 0 Å². The van der Waals surface area contributed by atoms with Crippen LogP contribution in [-0.4, -0.2) is 6.36 Å². The maximum Gasteiger partial charge on any atom is 0.573 e. The molecule has 6 heteroatoms. The van der Waals surface area contributed by atoms with E-state index in [9.17, 15) is 17.6 Å². The lowest BCUT2D eigenvalue weighted by atomic mass is 10.2. The average Bonchev–Trinajstić information content (AvgIpc) is 2.40. The third kappa shape index (κ3) is 4.66. The van der Waals surface area contributed by atoms with Crippen molar-refractivity contribution < 1.29 is 22.3 Å². The highest BCUT2D eigenvalue weighted by Crippen LogP contribution is 2.23. The molecule has 21 heavy (non-hydrogen) atoms. The minimum atomic E-state index is -4.69. The number of rotatable bonds is 4. The minimum absolute atomic E-state index is 0.260. The van der Waals surface area contributed by atoms with Crippen molar-refractivity contribution in [1.29, 1.82) is 0 Å². The minimum Gasteiger partial charge on any atom is -0.406 e. The number of hydrogen-bond acceptors (Lipinski definition) is 2. The lowest BCUT2D eigenvalue weighted by molar-refractivity contribution is -0.274. The molecule has 0 atom stereocenters. The number of aryl methyl sites for hydroxylation is 1. The first kappa shape index (κ1) is 15.2. The van der Waals surface area contributed by atoms with Crippen molar-refractivity contribution in [3.8, 4) is 5.75 Å². The van der Waals surface area contributed by atoms with E-state index < -0.39 is 6.36 Å². The van der Waals surface area contributed by atoms with Crippen LogP contribution < -0.4 is 10.1 Å². The second-order valence-electron chi connectivity index (χ2n) is 4.51. The molecule has 0 fully saturated rings. The Hall–Kier alpha value is -2.24. The van der Waals surface area contributed by atoms with Crippen LogP contribution in [0, 0.1) is 12.7 Å². The van der Waals surface area contributed by atoms with Crippen molar-refractivity contribution in [3.63, 3.8) is 0 Å². The Morgan fingerprint density at radius 2 is 1.71 bits per heavy atom. The Balaban J connectivity index is 1.96. The first-order valence-corrected chi connectivity index (χ1v) is 6.18. The van der Waals surface area contributed by atoms with Gasteiger partial charge in [0.15, 0.2) is 0 Å². The van der Waals surface area contributed by atoms with Crippen molar-refractivity contribution in [2.75, 3.05) is 5.32 Å². The van der Waals surface area contributed by atoms with Crippen LogP contribution in [0.1, 0.15) is 11.1 Å². The average molecular weight is 299 g/mol. The number of anilines is 1. The van der Waals surface area contributed by atoms with Gasteiger partial charge in [-0.1, -0.05) is 12.1 Å². The number of ether oxygens (including phenoxy) is 1. The Morgan fingerprint density at radius 3 is 2.29 bits per heavy atom. The number of benzene rings is 2. The summed E-state index contributed by atoms with van der Waals surface area (Å²) in [4.78, 5) is 0. The maximum absolute atomic E-state index is 13.1. The number of nitrogens with one attached hydrogen (secondary N) is 1. The van der Waals surface area contributed by atoms with Gasteiger partial charge in [0.2, 0.25) is 0 Å². The lowest BCUT2D eigenvalue weighted by Crippen LogP contribution is -2.17. The molecular weight excluding hydrogens is 286 g/mol. The Kier molecular flexibility index (Phi) is 4.35. The molecule has 0 radical (unpaired) electrons. The molecule has 0 unspecified atom stereocenters. The highest BCUT2D eigenvalue weighted by molar-refractivity contribution is 5.46. The van der Waals surface area contributed by atoms with E-state index >= 15 is 0 Å². The molecule has 2 aromatic carbocycles. The molecule has 0 bridgehead atoms. The summed E-state index contributed by atoms with van der Waals surface area (Å²) in [6.07, 6.45) is -4.69. The van der Waals surface area contributed by atoms with E-state index in [-0.39, 0.29) is 11.6 Å². The molecule has 112 valence electrons. The topological polar surface area (TPSA) is 21.3 Å². The summed E-state index contributed by atoms with van der Waals surface area (Å²) >= 11 is 0. The van der Waals surface area contributed by atoms with Crippen LogP contribution >= 0.6 is 0 Å². The fourth-order valence-electron chi connectivity index (χ4n) is 1.77. The Morgan fingerprint density at radius 1 is 1.05 bits per heavy atom. The van der Waals surface area contributed by atoms with Crippen molar-refractivity contribution in [3.05, 3.63) is 59.4 Å². The zero-order valence-corrected chi connectivity index (χ0v) is 11.2. The van der Waals surface area contributed by atoms with E-state index in [0.29, 0.717) is 12.1 Å². The number of alkyl halides is 3. The summed E-state index contributed by atoms with van der Waals surface area (Å²) in [6.45, 7) is 2.07. The summed E-state index contributed by atoms with van der Waals surface area (Å²) in [5.41, 5.74) is 2.05. The third-order valence-corrected chi connectivity index (χ3v) is 2.81. The smallest absolute Gasteiger partial charge is 0.406 e. The van der Waals surface area contributed by atoms with E-state index in [2.05, 4.69) is 10.1 Å². The van der Waals surface area contributed by atoms with Gasteiger partial charge in [0.25, 0.3) is 0 Å². The normalized spacial score (nSPS) is 11.3. The summed E-state index contributed by atoms with van der Waals surface area (Å²) in [5, 5.41) is 3.07. The fraction of sp³-hybridized carbons (Fsp3) is 0.200. The molecule has 0 saturated heterocycles. The van der Waals surface area contributed by atoms with Gasteiger partial charge in [-0.2, -0.15) is 0 Å². The first-order valence-electron chi connectivity index (χ1n) is 6.18. The van der Waals surface area contributed by atoms with Gasteiger partial charge < -0.3 is 10.1 Å². The largest absolute Gasteiger partial charge is 0.573 e. The van der Waals surface area contributed by atoms with Gasteiger partial charge in [-0.3, -0.25) is 0 Å². The van der Waals surface area contributed by atoms with Gasteiger partial charge in [-0.05, 0) is 48.4 Å². The van der Waals surface area contributed by atoms with E-state index in [1.165, 1.54) is 30.3 Å². The molecule has 0 saturated carbocycles. The van der Waals surface area contributed by atoms with Crippen LogP contribution in [0.25, 0.3) is 0 Å². The highest BCUT2D eigenvalue weighted by Gasteiger charge is 2.30. The summed E-state index contributed by atoms with van der Waals surface area (Å²) in [6, 6.07) is 10.2. The molecule has 2 rings (SSSR count). The number of halogens is 4. The maximum atomic E-state index is 13.1. The van der Waals surface area contributed by atoms with Gasteiger partial charge in [-0.25, -0.2) is 4.39 Å².